The van der Waals surface area contributed by atoms with Gasteiger partial charge in [-0.1, -0.05) is 0 Å². The molecule has 0 saturated carbocycles. The van der Waals surface area contributed by atoms with Gasteiger partial charge in [0, 0.05) is 49.3 Å². The number of nitrogens with zero attached hydrogens (tertiary/aromatic N) is 2. The molecule has 0 unspecified atom stereocenters. The van der Waals surface area contributed by atoms with Crippen LogP contribution in [0.3, 0.4) is 0 Å². The second-order valence-corrected chi connectivity index (χ2v) is 8.75. The summed E-state index contributed by atoms with van der Waals surface area (Å²) < 4.78 is 11.6. The van der Waals surface area contributed by atoms with Crippen molar-refractivity contribution in [2.75, 3.05) is 37.7 Å². The third-order valence-corrected chi connectivity index (χ3v) is 5.76. The van der Waals surface area contributed by atoms with E-state index in [1.165, 1.54) is 0 Å². The maximum atomic E-state index is 11.6. The first-order valence-electron chi connectivity index (χ1n) is 6.10. The van der Waals surface area contributed by atoms with Crippen LogP contribution in [-0.4, -0.2) is 69.1 Å². The Morgan fingerprint density at radius 2 is 1.62 bits per heavy atom. The van der Waals surface area contributed by atoms with E-state index in [2.05, 4.69) is 36.4 Å². The first-order chi connectivity index (χ1) is 7.28. The molecule has 2 aliphatic rings. The second kappa shape index (κ2) is 4.00. The van der Waals surface area contributed by atoms with Crippen molar-refractivity contribution in [3.8, 4) is 0 Å². The summed E-state index contributed by atoms with van der Waals surface area (Å²) in [4.78, 5) is 5.03. The standard InChI is InChI=1S/C12H24N2OS/c1-12(2,3)14-7-5-13(6-8-14)11-9-16(4,15)10-11/h11H,4-10H2,1-3H3. The monoisotopic (exact) mass is 244 g/mol. The van der Waals surface area contributed by atoms with Gasteiger partial charge in [-0.25, -0.2) is 0 Å². The Kier molecular flexibility index (Phi) is 3.10. The van der Waals surface area contributed by atoms with Crippen LogP contribution in [0.25, 0.3) is 0 Å². The average molecular weight is 244 g/mol. The van der Waals surface area contributed by atoms with Gasteiger partial charge in [0.15, 0.2) is 0 Å². The molecule has 0 bridgehead atoms. The predicted molar refractivity (Wildman–Crippen MR) is 71.7 cm³/mol. The van der Waals surface area contributed by atoms with Crippen molar-refractivity contribution in [1.29, 1.82) is 0 Å². The van der Waals surface area contributed by atoms with E-state index in [0.29, 0.717) is 6.04 Å². The van der Waals surface area contributed by atoms with Gasteiger partial charge in [-0.05, 0) is 36.2 Å². The van der Waals surface area contributed by atoms with Crippen molar-refractivity contribution in [3.63, 3.8) is 0 Å². The van der Waals surface area contributed by atoms with Gasteiger partial charge in [0.2, 0.25) is 0 Å². The second-order valence-electron chi connectivity index (χ2n) is 6.15. The summed E-state index contributed by atoms with van der Waals surface area (Å²) in [6, 6.07) is 0.548. The van der Waals surface area contributed by atoms with Crippen LogP contribution >= 0.6 is 0 Å². The van der Waals surface area contributed by atoms with Crippen LogP contribution in [0.15, 0.2) is 0 Å². The first kappa shape index (κ1) is 12.4. The molecule has 2 rings (SSSR count). The highest BCUT2D eigenvalue weighted by Crippen LogP contribution is 2.21. The average Bonchev–Trinajstić information content (AvgIpc) is 2.13. The van der Waals surface area contributed by atoms with Crippen LogP contribution < -0.4 is 0 Å². The highest BCUT2D eigenvalue weighted by Gasteiger charge is 2.36. The number of piperazine rings is 1. The molecule has 2 heterocycles. The zero-order valence-corrected chi connectivity index (χ0v) is 11.6. The third kappa shape index (κ3) is 2.60. The van der Waals surface area contributed by atoms with Gasteiger partial charge >= 0.3 is 0 Å². The lowest BCUT2D eigenvalue weighted by atomic mass is 10.0. The van der Waals surface area contributed by atoms with E-state index in [1.807, 2.05) is 0 Å². The molecule has 0 aromatic heterocycles. The third-order valence-electron chi connectivity index (χ3n) is 3.77. The van der Waals surface area contributed by atoms with Gasteiger partial charge in [0.1, 0.15) is 0 Å². The van der Waals surface area contributed by atoms with E-state index in [-0.39, 0.29) is 5.54 Å². The van der Waals surface area contributed by atoms with Crippen LogP contribution in [0.5, 0.6) is 0 Å². The van der Waals surface area contributed by atoms with Gasteiger partial charge < -0.3 is 0 Å². The minimum Gasteiger partial charge on any atom is -0.296 e. The lowest BCUT2D eigenvalue weighted by molar-refractivity contribution is 0.0481. The maximum absolute atomic E-state index is 11.6. The fraction of sp³-hybridized carbons (Fsp3) is 0.917. The molecular formula is C12H24N2OS. The van der Waals surface area contributed by atoms with Crippen molar-refractivity contribution in [2.24, 2.45) is 0 Å². The van der Waals surface area contributed by atoms with E-state index in [1.54, 1.807) is 0 Å². The van der Waals surface area contributed by atoms with E-state index in [9.17, 15) is 4.21 Å². The molecule has 3 nitrogen and oxygen atoms in total. The van der Waals surface area contributed by atoms with Crippen molar-refractivity contribution >= 4 is 15.4 Å². The van der Waals surface area contributed by atoms with Gasteiger partial charge in [-0.3, -0.25) is 14.0 Å². The van der Waals surface area contributed by atoms with Crippen LogP contribution in [-0.2, 0) is 9.52 Å². The highest BCUT2D eigenvalue weighted by molar-refractivity contribution is 8.01. The zero-order valence-electron chi connectivity index (χ0n) is 10.7. The molecule has 2 aliphatic heterocycles. The van der Waals surface area contributed by atoms with Crippen molar-refractivity contribution < 1.29 is 4.21 Å². The van der Waals surface area contributed by atoms with Crippen molar-refractivity contribution in [3.05, 3.63) is 0 Å². The van der Waals surface area contributed by atoms with Crippen molar-refractivity contribution in [1.82, 2.24) is 9.80 Å². The maximum Gasteiger partial charge on any atom is 0.0324 e. The Labute approximate surface area is 99.8 Å². The van der Waals surface area contributed by atoms with Gasteiger partial charge in [-0.2, -0.15) is 0 Å². The molecule has 94 valence electrons. The first-order valence-corrected chi connectivity index (χ1v) is 8.16. The van der Waals surface area contributed by atoms with E-state index < -0.39 is 9.52 Å². The zero-order chi connectivity index (χ0) is 12.0. The SMILES string of the molecule is C=S1(=O)CC(N2CCN(C(C)(C)C)CC2)C1. The lowest BCUT2D eigenvalue weighted by Gasteiger charge is -2.47. The molecular weight excluding hydrogens is 220 g/mol. The summed E-state index contributed by atoms with van der Waals surface area (Å²) in [5.41, 5.74) is 0.283. The summed E-state index contributed by atoms with van der Waals surface area (Å²) in [5.74, 6) is 5.41. The molecule has 0 amide bonds. The fourth-order valence-electron chi connectivity index (χ4n) is 2.62. The van der Waals surface area contributed by atoms with Crippen LogP contribution in [0.1, 0.15) is 20.8 Å². The Bertz CT molecular complexity index is 336. The fourth-order valence-corrected chi connectivity index (χ4v) is 4.35. The molecule has 4 heteroatoms. The molecule has 0 spiro atoms. The molecule has 0 atom stereocenters. The van der Waals surface area contributed by atoms with E-state index in [4.69, 9.17) is 0 Å². The summed E-state index contributed by atoms with van der Waals surface area (Å²) in [5, 5.41) is 0. The Morgan fingerprint density at radius 1 is 1.12 bits per heavy atom. The van der Waals surface area contributed by atoms with Crippen LogP contribution in [0, 0.1) is 0 Å². The van der Waals surface area contributed by atoms with E-state index in [0.717, 1.165) is 37.7 Å². The molecule has 0 radical (unpaired) electrons. The largest absolute Gasteiger partial charge is 0.296 e. The van der Waals surface area contributed by atoms with Gasteiger partial charge in [-0.15, -0.1) is 0 Å². The lowest BCUT2D eigenvalue weighted by Crippen LogP contribution is -2.61. The summed E-state index contributed by atoms with van der Waals surface area (Å²) in [6.45, 7) is 11.3. The van der Waals surface area contributed by atoms with Crippen LogP contribution in [0.2, 0.25) is 0 Å². The number of hydrogen-bond acceptors (Lipinski definition) is 3. The summed E-state index contributed by atoms with van der Waals surface area (Å²) >= 11 is 0. The molecule has 2 saturated heterocycles. The number of rotatable bonds is 1. The van der Waals surface area contributed by atoms with Crippen molar-refractivity contribution in [2.45, 2.75) is 32.4 Å². The number of hydrogen-bond donors (Lipinski definition) is 0. The summed E-state index contributed by atoms with van der Waals surface area (Å²) in [6.07, 6.45) is 0. The molecule has 0 N–H and O–H groups in total. The summed E-state index contributed by atoms with van der Waals surface area (Å²) in [7, 11) is -1.68. The normalized spacial score (nSPS) is 38.3. The van der Waals surface area contributed by atoms with E-state index >= 15 is 0 Å². The highest BCUT2D eigenvalue weighted by atomic mass is 32.2. The Hall–Kier alpha value is -0.0600. The van der Waals surface area contributed by atoms with Gasteiger partial charge in [0.05, 0.1) is 0 Å². The van der Waals surface area contributed by atoms with Gasteiger partial charge in [0.25, 0.3) is 0 Å². The topological polar surface area (TPSA) is 23.6 Å². The smallest absolute Gasteiger partial charge is 0.0324 e. The Balaban J connectivity index is 1.83. The van der Waals surface area contributed by atoms with Crippen LogP contribution in [0.4, 0.5) is 0 Å². The molecule has 16 heavy (non-hydrogen) atoms. The predicted octanol–water partition coefficient (Wildman–Crippen LogP) is 0.501. The minimum absolute atomic E-state index is 0.283. The Morgan fingerprint density at radius 3 is 2.00 bits per heavy atom. The minimum atomic E-state index is -1.68. The molecule has 0 aromatic rings. The quantitative estimate of drug-likeness (QED) is 0.628. The molecule has 0 aliphatic carbocycles. The molecule has 0 aromatic carbocycles. The molecule has 2 fully saturated rings.